The molecule has 3 aliphatic rings. The fraction of sp³-hybridized carbons (Fsp3) is 0.429. The van der Waals surface area contributed by atoms with Crippen molar-refractivity contribution in [3.05, 3.63) is 94.5 Å². The average molecular weight is 568 g/mol. The molecule has 0 radical (unpaired) electrons. The van der Waals surface area contributed by atoms with Gasteiger partial charge in [0.2, 0.25) is 5.91 Å². The van der Waals surface area contributed by atoms with Gasteiger partial charge in [-0.25, -0.2) is 0 Å². The maximum Gasteiger partial charge on any atom is 0.254 e. The van der Waals surface area contributed by atoms with E-state index in [1.165, 1.54) is 18.4 Å². The van der Waals surface area contributed by atoms with Crippen molar-refractivity contribution in [1.82, 2.24) is 15.1 Å². The van der Waals surface area contributed by atoms with Crippen LogP contribution < -0.4 is 14.8 Å². The van der Waals surface area contributed by atoms with Crippen LogP contribution in [0.3, 0.4) is 0 Å². The van der Waals surface area contributed by atoms with Crippen LogP contribution in [0.4, 0.5) is 0 Å². The van der Waals surface area contributed by atoms with Crippen molar-refractivity contribution in [1.29, 1.82) is 0 Å². The summed E-state index contributed by atoms with van der Waals surface area (Å²) in [6.07, 6.45) is 5.21. The molecule has 7 nitrogen and oxygen atoms in total. The van der Waals surface area contributed by atoms with Gasteiger partial charge in [-0.2, -0.15) is 0 Å². The molecular weight excluding hydrogens is 526 g/mol. The number of ether oxygens (including phenoxy) is 2. The monoisotopic (exact) mass is 567 g/mol. The van der Waals surface area contributed by atoms with E-state index in [0.717, 1.165) is 55.1 Å². The highest BCUT2D eigenvalue weighted by molar-refractivity contribution is 6.01. The first-order valence-corrected chi connectivity index (χ1v) is 15.3. The molecule has 1 saturated heterocycles. The maximum absolute atomic E-state index is 14.0. The molecule has 6 rings (SSSR count). The quantitative estimate of drug-likeness (QED) is 0.369. The number of likely N-dealkylation sites (tertiary alicyclic amines) is 1. The van der Waals surface area contributed by atoms with E-state index in [4.69, 9.17) is 9.47 Å². The summed E-state index contributed by atoms with van der Waals surface area (Å²) >= 11 is 0. The average Bonchev–Trinajstić information content (AvgIpc) is 3.03. The Morgan fingerprint density at radius 3 is 2.38 bits per heavy atom. The Kier molecular flexibility index (Phi) is 8.47. The van der Waals surface area contributed by atoms with E-state index >= 15 is 0 Å². The number of benzene rings is 3. The number of piperidine rings is 1. The summed E-state index contributed by atoms with van der Waals surface area (Å²) in [5.74, 6) is 1.47. The summed E-state index contributed by atoms with van der Waals surface area (Å²) in [4.78, 5) is 32.0. The van der Waals surface area contributed by atoms with Crippen molar-refractivity contribution in [3.63, 3.8) is 0 Å². The lowest BCUT2D eigenvalue weighted by Gasteiger charge is -2.45. The molecule has 7 heteroatoms. The number of hydrogen-bond acceptors (Lipinski definition) is 5. The van der Waals surface area contributed by atoms with Crippen molar-refractivity contribution in [2.75, 3.05) is 46.9 Å². The van der Waals surface area contributed by atoms with Gasteiger partial charge < -0.3 is 24.6 Å². The molecule has 2 unspecified atom stereocenters. The summed E-state index contributed by atoms with van der Waals surface area (Å²) in [7, 11) is 3.24. The number of nitrogens with zero attached hydrogens (tertiary/aromatic N) is 2. The summed E-state index contributed by atoms with van der Waals surface area (Å²) in [6.45, 7) is 4.38. The van der Waals surface area contributed by atoms with Crippen LogP contribution in [0.2, 0.25) is 0 Å². The predicted molar refractivity (Wildman–Crippen MR) is 163 cm³/mol. The zero-order valence-corrected chi connectivity index (χ0v) is 24.7. The number of carbonyl (C=O) groups is 2. The molecular formula is C35H41N3O4. The zero-order chi connectivity index (χ0) is 29.1. The molecule has 2 amide bonds. The number of hydrogen-bond donors (Lipinski definition) is 1. The minimum Gasteiger partial charge on any atom is -0.493 e. The smallest absolute Gasteiger partial charge is 0.254 e. The largest absolute Gasteiger partial charge is 0.493 e. The highest BCUT2D eigenvalue weighted by atomic mass is 16.5. The number of amides is 2. The van der Waals surface area contributed by atoms with Crippen LogP contribution in [0, 0.1) is 5.92 Å². The van der Waals surface area contributed by atoms with Crippen molar-refractivity contribution in [3.8, 4) is 11.5 Å². The molecule has 0 spiro atoms. The molecule has 3 aromatic rings. The van der Waals surface area contributed by atoms with Gasteiger partial charge in [0.15, 0.2) is 11.5 Å². The van der Waals surface area contributed by atoms with Crippen LogP contribution in [0.25, 0.3) is 0 Å². The summed E-state index contributed by atoms with van der Waals surface area (Å²) < 4.78 is 11.2. The lowest BCUT2D eigenvalue weighted by atomic mass is 9.75. The highest BCUT2D eigenvalue weighted by Crippen LogP contribution is 2.48. The minimum atomic E-state index is -0.496. The van der Waals surface area contributed by atoms with Crippen LogP contribution in [0.15, 0.2) is 66.7 Å². The van der Waals surface area contributed by atoms with Crippen LogP contribution in [-0.4, -0.2) is 68.6 Å². The number of carbonyl (C=O) groups excluding carboxylic acids is 2. The van der Waals surface area contributed by atoms with Gasteiger partial charge in [0.05, 0.1) is 26.2 Å². The second-order valence-corrected chi connectivity index (χ2v) is 11.8. The second kappa shape index (κ2) is 12.6. The lowest BCUT2D eigenvalue weighted by Crippen LogP contribution is -2.50. The molecule has 3 heterocycles. The van der Waals surface area contributed by atoms with E-state index in [0.29, 0.717) is 36.6 Å². The van der Waals surface area contributed by atoms with Crippen molar-refractivity contribution >= 4 is 11.8 Å². The molecule has 2 atom stereocenters. The van der Waals surface area contributed by atoms with E-state index in [1.54, 1.807) is 14.2 Å². The maximum atomic E-state index is 14.0. The van der Waals surface area contributed by atoms with Crippen LogP contribution >= 0.6 is 0 Å². The number of methoxy groups -OCH3 is 2. The first kappa shape index (κ1) is 28.3. The SMILES string of the molecule is COc1cc2c(cc1OC)C1C(C(=O)NCCCN3CCC(Cc4ccccc4)CC3)c3ccccc3C(=O)N1CC2. The summed E-state index contributed by atoms with van der Waals surface area (Å²) in [5, 5.41) is 3.24. The Bertz CT molecular complexity index is 1420. The molecule has 0 aromatic heterocycles. The topological polar surface area (TPSA) is 71.1 Å². The van der Waals surface area contributed by atoms with E-state index < -0.39 is 5.92 Å². The summed E-state index contributed by atoms with van der Waals surface area (Å²) in [6, 6.07) is 21.9. The Morgan fingerprint density at radius 2 is 1.62 bits per heavy atom. The first-order chi connectivity index (χ1) is 20.6. The van der Waals surface area contributed by atoms with Gasteiger partial charge in [0.25, 0.3) is 5.91 Å². The predicted octanol–water partition coefficient (Wildman–Crippen LogP) is 5.00. The molecule has 0 aliphatic carbocycles. The van der Waals surface area contributed by atoms with Crippen LogP contribution in [0.1, 0.15) is 63.8 Å². The number of fused-ring (bicyclic) bond motifs is 4. The number of rotatable bonds is 9. The van der Waals surface area contributed by atoms with E-state index in [9.17, 15) is 9.59 Å². The van der Waals surface area contributed by atoms with Gasteiger partial charge in [0, 0.05) is 18.7 Å². The van der Waals surface area contributed by atoms with Gasteiger partial charge in [-0.05, 0) is 98.1 Å². The van der Waals surface area contributed by atoms with Crippen LogP contribution in [0.5, 0.6) is 11.5 Å². The molecule has 1 fully saturated rings. The summed E-state index contributed by atoms with van der Waals surface area (Å²) in [5.41, 5.74) is 4.90. The van der Waals surface area contributed by atoms with E-state index in [-0.39, 0.29) is 17.9 Å². The van der Waals surface area contributed by atoms with Crippen molar-refractivity contribution < 1.29 is 19.1 Å². The van der Waals surface area contributed by atoms with Gasteiger partial charge in [-0.1, -0.05) is 48.5 Å². The Labute approximate surface area is 248 Å². The third-order valence-corrected chi connectivity index (χ3v) is 9.33. The molecule has 42 heavy (non-hydrogen) atoms. The Morgan fingerprint density at radius 1 is 0.905 bits per heavy atom. The first-order valence-electron chi connectivity index (χ1n) is 15.3. The van der Waals surface area contributed by atoms with Crippen molar-refractivity contribution in [2.24, 2.45) is 5.92 Å². The molecule has 0 saturated carbocycles. The molecule has 0 bridgehead atoms. The third-order valence-electron chi connectivity index (χ3n) is 9.33. The van der Waals surface area contributed by atoms with E-state index in [1.807, 2.05) is 41.3 Å². The molecule has 3 aromatic carbocycles. The standard InChI is InChI=1S/C35H41N3O4/c1-41-30-22-26-15-20-38-33(29(26)23-31(30)42-2)32(27-11-6-7-12-28(27)35(38)40)34(39)36-16-8-17-37-18-13-25(14-19-37)21-24-9-4-3-5-10-24/h3-7,9-12,22-23,25,32-33H,8,13-21H2,1-2H3,(H,36,39). The van der Waals surface area contributed by atoms with Gasteiger partial charge >= 0.3 is 0 Å². The van der Waals surface area contributed by atoms with Crippen LogP contribution in [-0.2, 0) is 17.6 Å². The van der Waals surface area contributed by atoms with Gasteiger partial charge in [-0.3, -0.25) is 9.59 Å². The third kappa shape index (κ3) is 5.62. The van der Waals surface area contributed by atoms with E-state index in [2.05, 4.69) is 40.5 Å². The zero-order valence-electron chi connectivity index (χ0n) is 24.7. The van der Waals surface area contributed by atoms with Gasteiger partial charge in [-0.15, -0.1) is 0 Å². The fourth-order valence-electron chi connectivity index (χ4n) is 7.12. The fourth-order valence-corrected chi connectivity index (χ4v) is 7.12. The molecule has 1 N–H and O–H groups in total. The van der Waals surface area contributed by atoms with Crippen molar-refractivity contribution in [2.45, 2.75) is 44.1 Å². The molecule has 220 valence electrons. The number of nitrogens with one attached hydrogen (secondary N) is 1. The second-order valence-electron chi connectivity index (χ2n) is 11.8. The minimum absolute atomic E-state index is 0.0178. The Hall–Kier alpha value is -3.84. The van der Waals surface area contributed by atoms with Gasteiger partial charge in [0.1, 0.15) is 0 Å². The highest BCUT2D eigenvalue weighted by Gasteiger charge is 2.46. The molecule has 3 aliphatic heterocycles. The Balaban J connectivity index is 1.12. The normalized spacial score (nSPS) is 20.3. The lowest BCUT2D eigenvalue weighted by molar-refractivity contribution is -0.124.